The van der Waals surface area contributed by atoms with E-state index in [0.717, 1.165) is 12.2 Å². The molecule has 8 nitrogen and oxygen atoms in total. The van der Waals surface area contributed by atoms with Crippen molar-refractivity contribution in [3.63, 3.8) is 0 Å². The van der Waals surface area contributed by atoms with Crippen molar-refractivity contribution in [3.05, 3.63) is 30.9 Å². The average molecular weight is 316 g/mol. The number of carbonyl (C=O) groups is 1. The van der Waals surface area contributed by atoms with Gasteiger partial charge in [-0.3, -0.25) is 14.5 Å². The molecule has 1 atom stereocenters. The van der Waals surface area contributed by atoms with Crippen LogP contribution in [0.4, 0.5) is 5.82 Å². The van der Waals surface area contributed by atoms with Crippen molar-refractivity contribution < 1.29 is 9.53 Å². The molecule has 1 aliphatic heterocycles. The van der Waals surface area contributed by atoms with Gasteiger partial charge in [-0.1, -0.05) is 0 Å². The van der Waals surface area contributed by atoms with Crippen molar-refractivity contribution in [2.75, 3.05) is 32.1 Å². The molecule has 1 saturated heterocycles. The molecule has 2 aromatic heterocycles. The van der Waals surface area contributed by atoms with Gasteiger partial charge in [0.2, 0.25) is 11.8 Å². The molecule has 0 aromatic carbocycles. The van der Waals surface area contributed by atoms with Crippen LogP contribution in [0.25, 0.3) is 0 Å². The van der Waals surface area contributed by atoms with E-state index in [4.69, 9.17) is 4.74 Å². The quantitative estimate of drug-likeness (QED) is 0.796. The molecule has 0 N–H and O–H groups in total. The van der Waals surface area contributed by atoms with Gasteiger partial charge in [0, 0.05) is 39.5 Å². The van der Waals surface area contributed by atoms with Gasteiger partial charge in [-0.2, -0.15) is 10.1 Å². The fraction of sp³-hybridized carbons (Fsp3) is 0.467. The van der Waals surface area contributed by atoms with Crippen LogP contribution in [0.5, 0.6) is 5.88 Å². The third kappa shape index (κ3) is 3.77. The zero-order chi connectivity index (χ0) is 16.2. The summed E-state index contributed by atoms with van der Waals surface area (Å²) >= 11 is 0. The molecule has 0 unspecified atom stereocenters. The van der Waals surface area contributed by atoms with Crippen LogP contribution >= 0.6 is 0 Å². The van der Waals surface area contributed by atoms with Crippen molar-refractivity contribution in [1.82, 2.24) is 24.6 Å². The molecule has 1 fully saturated rings. The number of aromatic nitrogens is 4. The SMILES string of the molecule is CN(C)c1cncc(O[C@H]2CCN(C(=O)Cn3cccn3)C2)n1. The van der Waals surface area contributed by atoms with Gasteiger partial charge in [0.05, 0.1) is 18.9 Å². The largest absolute Gasteiger partial charge is 0.471 e. The summed E-state index contributed by atoms with van der Waals surface area (Å²) in [6.07, 6.45) is 7.47. The first kappa shape index (κ1) is 15.3. The number of nitrogens with zero attached hydrogens (tertiary/aromatic N) is 6. The molecular formula is C15H20N6O2. The maximum Gasteiger partial charge on any atom is 0.244 e. The van der Waals surface area contributed by atoms with E-state index in [1.165, 1.54) is 0 Å². The fourth-order valence-corrected chi connectivity index (χ4v) is 2.46. The molecular weight excluding hydrogens is 296 g/mol. The second kappa shape index (κ2) is 6.64. The van der Waals surface area contributed by atoms with Crippen LogP contribution < -0.4 is 9.64 Å². The highest BCUT2D eigenvalue weighted by atomic mass is 16.5. The molecule has 1 aliphatic rings. The second-order valence-corrected chi connectivity index (χ2v) is 5.68. The monoisotopic (exact) mass is 316 g/mol. The highest BCUT2D eigenvalue weighted by molar-refractivity contribution is 5.76. The molecule has 23 heavy (non-hydrogen) atoms. The number of hydrogen-bond acceptors (Lipinski definition) is 6. The summed E-state index contributed by atoms with van der Waals surface area (Å²) in [7, 11) is 3.80. The normalized spacial score (nSPS) is 17.3. The van der Waals surface area contributed by atoms with Gasteiger partial charge in [-0.05, 0) is 6.07 Å². The first-order valence-corrected chi connectivity index (χ1v) is 7.53. The van der Waals surface area contributed by atoms with E-state index in [1.54, 1.807) is 40.4 Å². The smallest absolute Gasteiger partial charge is 0.244 e. The summed E-state index contributed by atoms with van der Waals surface area (Å²) in [5, 5.41) is 4.06. The van der Waals surface area contributed by atoms with E-state index in [0.29, 0.717) is 19.0 Å². The maximum atomic E-state index is 12.2. The van der Waals surface area contributed by atoms with Crippen LogP contribution in [-0.2, 0) is 11.3 Å². The third-order valence-corrected chi connectivity index (χ3v) is 3.70. The van der Waals surface area contributed by atoms with Gasteiger partial charge in [0.25, 0.3) is 0 Å². The number of hydrogen-bond donors (Lipinski definition) is 0. The standard InChI is InChI=1S/C15H20N6O2/c1-19(2)13-8-16-9-14(18-13)23-12-4-7-20(10-12)15(22)11-21-6-3-5-17-21/h3,5-6,8-9,12H,4,7,10-11H2,1-2H3/t12-/m0/s1. The third-order valence-electron chi connectivity index (χ3n) is 3.70. The Morgan fingerprint density at radius 3 is 3.04 bits per heavy atom. The molecule has 8 heteroatoms. The first-order chi connectivity index (χ1) is 11.1. The van der Waals surface area contributed by atoms with E-state index >= 15 is 0 Å². The van der Waals surface area contributed by atoms with E-state index in [2.05, 4.69) is 15.1 Å². The van der Waals surface area contributed by atoms with Crippen LogP contribution in [0, 0.1) is 0 Å². The van der Waals surface area contributed by atoms with E-state index < -0.39 is 0 Å². The molecule has 0 radical (unpaired) electrons. The number of rotatable bonds is 5. The first-order valence-electron chi connectivity index (χ1n) is 7.53. The van der Waals surface area contributed by atoms with Crippen LogP contribution in [0.3, 0.4) is 0 Å². The van der Waals surface area contributed by atoms with Crippen LogP contribution in [0.2, 0.25) is 0 Å². The van der Waals surface area contributed by atoms with Crippen LogP contribution in [0.1, 0.15) is 6.42 Å². The molecule has 0 saturated carbocycles. The zero-order valence-corrected chi connectivity index (χ0v) is 13.3. The Morgan fingerprint density at radius 2 is 2.30 bits per heavy atom. The summed E-state index contributed by atoms with van der Waals surface area (Å²) in [4.78, 5) is 24.4. The Labute approximate surface area is 134 Å². The molecule has 2 aromatic rings. The Morgan fingerprint density at radius 1 is 1.43 bits per heavy atom. The summed E-state index contributed by atoms with van der Waals surface area (Å²) in [6, 6.07) is 1.81. The number of carbonyl (C=O) groups excluding carboxylic acids is 1. The highest BCUT2D eigenvalue weighted by Gasteiger charge is 2.28. The van der Waals surface area contributed by atoms with Crippen molar-refractivity contribution in [1.29, 1.82) is 0 Å². The predicted octanol–water partition coefficient (Wildman–Crippen LogP) is 0.419. The molecule has 0 aliphatic carbocycles. The van der Waals surface area contributed by atoms with Gasteiger partial charge in [-0.25, -0.2) is 0 Å². The Balaban J connectivity index is 1.55. The summed E-state index contributed by atoms with van der Waals surface area (Å²) in [5.74, 6) is 1.28. The molecule has 0 bridgehead atoms. The topological polar surface area (TPSA) is 76.4 Å². The van der Waals surface area contributed by atoms with Gasteiger partial charge in [0.15, 0.2) is 5.82 Å². The minimum atomic E-state index is -0.0525. The predicted molar refractivity (Wildman–Crippen MR) is 84.2 cm³/mol. The van der Waals surface area contributed by atoms with Gasteiger partial charge in [-0.15, -0.1) is 0 Å². The van der Waals surface area contributed by atoms with Gasteiger partial charge < -0.3 is 14.5 Å². The van der Waals surface area contributed by atoms with Gasteiger partial charge in [0.1, 0.15) is 12.6 Å². The van der Waals surface area contributed by atoms with Crippen molar-refractivity contribution >= 4 is 11.7 Å². The number of anilines is 1. The fourth-order valence-electron chi connectivity index (χ4n) is 2.46. The second-order valence-electron chi connectivity index (χ2n) is 5.68. The van der Waals surface area contributed by atoms with Crippen LogP contribution in [0.15, 0.2) is 30.9 Å². The lowest BCUT2D eigenvalue weighted by Gasteiger charge is -2.17. The summed E-state index contributed by atoms with van der Waals surface area (Å²) < 4.78 is 7.49. The Bertz CT molecular complexity index is 658. The Hall–Kier alpha value is -2.64. The lowest BCUT2D eigenvalue weighted by atomic mass is 10.3. The van der Waals surface area contributed by atoms with Crippen molar-refractivity contribution in [2.45, 2.75) is 19.1 Å². The van der Waals surface area contributed by atoms with Crippen molar-refractivity contribution in [3.8, 4) is 5.88 Å². The molecule has 1 amide bonds. The minimum Gasteiger partial charge on any atom is -0.471 e. The molecule has 3 rings (SSSR count). The minimum absolute atomic E-state index is 0.0490. The highest BCUT2D eigenvalue weighted by Crippen LogP contribution is 2.18. The summed E-state index contributed by atoms with van der Waals surface area (Å²) in [5.41, 5.74) is 0. The number of ether oxygens (including phenoxy) is 1. The number of likely N-dealkylation sites (tertiary alicyclic amines) is 1. The van der Waals surface area contributed by atoms with E-state index in [-0.39, 0.29) is 18.6 Å². The molecule has 3 heterocycles. The average Bonchev–Trinajstić information content (AvgIpc) is 3.19. The lowest BCUT2D eigenvalue weighted by molar-refractivity contribution is -0.131. The molecule has 0 spiro atoms. The summed E-state index contributed by atoms with van der Waals surface area (Å²) in [6.45, 7) is 1.51. The van der Waals surface area contributed by atoms with E-state index in [9.17, 15) is 4.79 Å². The van der Waals surface area contributed by atoms with Crippen molar-refractivity contribution in [2.24, 2.45) is 0 Å². The molecule has 122 valence electrons. The van der Waals surface area contributed by atoms with E-state index in [1.807, 2.05) is 19.0 Å². The number of amides is 1. The maximum absolute atomic E-state index is 12.2. The Kier molecular flexibility index (Phi) is 4.40. The van der Waals surface area contributed by atoms with Gasteiger partial charge >= 0.3 is 0 Å². The van der Waals surface area contributed by atoms with Crippen LogP contribution in [-0.4, -0.2) is 63.8 Å². The zero-order valence-electron chi connectivity index (χ0n) is 13.3. The lowest BCUT2D eigenvalue weighted by Crippen LogP contribution is -2.33.